The van der Waals surface area contributed by atoms with E-state index < -0.39 is 0 Å². The number of aromatic nitrogens is 3. The Bertz CT molecular complexity index is 533. The molecule has 0 aliphatic heterocycles. The first-order chi connectivity index (χ1) is 8.17. The number of thioether (sulfide) groups is 1. The highest BCUT2D eigenvalue weighted by Gasteiger charge is 2.11. The van der Waals surface area contributed by atoms with Crippen LogP contribution < -0.4 is 5.73 Å². The van der Waals surface area contributed by atoms with E-state index in [1.165, 1.54) is 4.90 Å². The molecule has 1 aromatic heterocycles. The molecule has 0 bridgehead atoms. The van der Waals surface area contributed by atoms with Crippen LogP contribution in [0.3, 0.4) is 0 Å². The largest absolute Gasteiger partial charge is 0.326 e. The van der Waals surface area contributed by atoms with Crippen molar-refractivity contribution in [3.05, 3.63) is 35.4 Å². The molecule has 0 atom stereocenters. The monoisotopic (exact) mass is 248 g/mol. The molecule has 0 fully saturated rings. The number of hydrogen-bond donors (Lipinski definition) is 1. The molecule has 0 saturated heterocycles. The number of aryl methyl sites for hydroxylation is 2. The van der Waals surface area contributed by atoms with Crippen molar-refractivity contribution in [2.75, 3.05) is 6.26 Å². The first kappa shape index (κ1) is 12.1. The van der Waals surface area contributed by atoms with Gasteiger partial charge in [-0.1, -0.05) is 6.07 Å². The van der Waals surface area contributed by atoms with Gasteiger partial charge in [0.05, 0.1) is 5.69 Å². The predicted octanol–water partition coefficient (Wildman–Crippen LogP) is 2.06. The van der Waals surface area contributed by atoms with Crippen LogP contribution in [0.1, 0.15) is 17.2 Å². The minimum absolute atomic E-state index is 0.505. The Hall–Kier alpha value is -1.33. The molecule has 0 unspecified atom stereocenters. The summed E-state index contributed by atoms with van der Waals surface area (Å²) in [4.78, 5) is 5.51. The fourth-order valence-electron chi connectivity index (χ4n) is 1.90. The normalized spacial score (nSPS) is 10.8. The maximum atomic E-state index is 5.85. The van der Waals surface area contributed by atoms with Gasteiger partial charge in [0.2, 0.25) is 0 Å². The molecule has 90 valence electrons. The van der Waals surface area contributed by atoms with E-state index in [9.17, 15) is 0 Å². The third-order valence-corrected chi connectivity index (χ3v) is 3.46. The van der Waals surface area contributed by atoms with E-state index in [2.05, 4.69) is 22.4 Å². The second-order valence-electron chi connectivity index (χ2n) is 3.78. The zero-order valence-electron chi connectivity index (χ0n) is 10.3. The van der Waals surface area contributed by atoms with Crippen LogP contribution in [-0.2, 0) is 6.54 Å². The highest BCUT2D eigenvalue weighted by molar-refractivity contribution is 7.98. The van der Waals surface area contributed by atoms with Crippen molar-refractivity contribution in [2.45, 2.75) is 25.3 Å². The van der Waals surface area contributed by atoms with Gasteiger partial charge in [0.1, 0.15) is 11.6 Å². The van der Waals surface area contributed by atoms with Gasteiger partial charge >= 0.3 is 0 Å². The van der Waals surface area contributed by atoms with Crippen LogP contribution in [0.2, 0.25) is 0 Å². The van der Waals surface area contributed by atoms with Crippen molar-refractivity contribution >= 4 is 11.8 Å². The summed E-state index contributed by atoms with van der Waals surface area (Å²) in [5, 5.41) is 4.41. The smallest absolute Gasteiger partial charge is 0.148 e. The van der Waals surface area contributed by atoms with Crippen molar-refractivity contribution in [3.8, 4) is 5.69 Å². The van der Waals surface area contributed by atoms with E-state index in [-0.39, 0.29) is 0 Å². The molecule has 17 heavy (non-hydrogen) atoms. The Kier molecular flexibility index (Phi) is 3.49. The zero-order valence-corrected chi connectivity index (χ0v) is 11.1. The van der Waals surface area contributed by atoms with Crippen LogP contribution in [0.4, 0.5) is 0 Å². The van der Waals surface area contributed by atoms with Crippen LogP contribution in [0.5, 0.6) is 0 Å². The van der Waals surface area contributed by atoms with Crippen molar-refractivity contribution in [1.82, 2.24) is 14.8 Å². The molecule has 4 nitrogen and oxygen atoms in total. The Morgan fingerprint density at radius 1 is 1.35 bits per heavy atom. The summed E-state index contributed by atoms with van der Waals surface area (Å²) in [7, 11) is 0. The first-order valence-corrected chi connectivity index (χ1v) is 6.66. The summed E-state index contributed by atoms with van der Waals surface area (Å²) in [6, 6.07) is 6.13. The molecule has 5 heteroatoms. The minimum Gasteiger partial charge on any atom is -0.326 e. The average Bonchev–Trinajstić information content (AvgIpc) is 2.67. The van der Waals surface area contributed by atoms with E-state index in [4.69, 9.17) is 5.73 Å². The topological polar surface area (TPSA) is 56.7 Å². The highest BCUT2D eigenvalue weighted by Crippen LogP contribution is 2.25. The van der Waals surface area contributed by atoms with Gasteiger partial charge in [0, 0.05) is 17.0 Å². The summed E-state index contributed by atoms with van der Waals surface area (Å²) in [6.45, 7) is 4.35. The third-order valence-electron chi connectivity index (χ3n) is 2.64. The standard InChI is InChI=1S/C12H16N4S/c1-8-14-9(2)16(15-8)11-5-4-6-12(17-3)10(11)7-13/h4-6H,7,13H2,1-3H3. The van der Waals surface area contributed by atoms with E-state index in [0.29, 0.717) is 6.54 Å². The van der Waals surface area contributed by atoms with Crippen LogP contribution in [0, 0.1) is 13.8 Å². The van der Waals surface area contributed by atoms with Gasteiger partial charge in [0.25, 0.3) is 0 Å². The van der Waals surface area contributed by atoms with Crippen LogP contribution in [0.15, 0.2) is 23.1 Å². The molecule has 1 aromatic carbocycles. The predicted molar refractivity (Wildman–Crippen MR) is 70.5 cm³/mol. The van der Waals surface area contributed by atoms with Crippen LogP contribution in [-0.4, -0.2) is 21.0 Å². The molecule has 0 radical (unpaired) electrons. The van der Waals surface area contributed by atoms with Gasteiger partial charge in [-0.15, -0.1) is 11.8 Å². The number of nitrogens with zero attached hydrogens (tertiary/aromatic N) is 3. The number of nitrogens with two attached hydrogens (primary N) is 1. The number of hydrogen-bond acceptors (Lipinski definition) is 4. The fraction of sp³-hybridized carbons (Fsp3) is 0.333. The van der Waals surface area contributed by atoms with Gasteiger partial charge in [-0.3, -0.25) is 0 Å². The molecule has 0 amide bonds. The first-order valence-electron chi connectivity index (χ1n) is 5.44. The van der Waals surface area contributed by atoms with Gasteiger partial charge in [-0.25, -0.2) is 9.67 Å². The lowest BCUT2D eigenvalue weighted by molar-refractivity contribution is 0.808. The molecule has 1 heterocycles. The van der Waals surface area contributed by atoms with E-state index >= 15 is 0 Å². The average molecular weight is 248 g/mol. The Morgan fingerprint density at radius 2 is 2.12 bits per heavy atom. The van der Waals surface area contributed by atoms with E-state index in [1.807, 2.05) is 30.7 Å². The Morgan fingerprint density at radius 3 is 2.65 bits per heavy atom. The molecular formula is C12H16N4S. The lowest BCUT2D eigenvalue weighted by Crippen LogP contribution is -2.08. The number of benzene rings is 1. The van der Waals surface area contributed by atoms with Gasteiger partial charge in [-0.2, -0.15) is 5.10 Å². The lowest BCUT2D eigenvalue weighted by Gasteiger charge is -2.12. The second kappa shape index (κ2) is 4.89. The summed E-state index contributed by atoms with van der Waals surface area (Å²) in [5.41, 5.74) is 7.99. The van der Waals surface area contributed by atoms with Crippen molar-refractivity contribution in [2.24, 2.45) is 5.73 Å². The quantitative estimate of drug-likeness (QED) is 0.845. The summed E-state index contributed by atoms with van der Waals surface area (Å²) >= 11 is 1.70. The molecular weight excluding hydrogens is 232 g/mol. The second-order valence-corrected chi connectivity index (χ2v) is 4.63. The molecule has 0 spiro atoms. The SMILES string of the molecule is CSc1cccc(-n2nc(C)nc2C)c1CN. The van der Waals surface area contributed by atoms with Crippen LogP contribution >= 0.6 is 11.8 Å². The van der Waals surface area contributed by atoms with E-state index in [1.54, 1.807) is 11.8 Å². The summed E-state index contributed by atoms with van der Waals surface area (Å²) in [5.74, 6) is 1.66. The van der Waals surface area contributed by atoms with Crippen molar-refractivity contribution in [3.63, 3.8) is 0 Å². The maximum absolute atomic E-state index is 5.85. The summed E-state index contributed by atoms with van der Waals surface area (Å²) in [6.07, 6.45) is 2.05. The van der Waals surface area contributed by atoms with Crippen molar-refractivity contribution in [1.29, 1.82) is 0 Å². The zero-order chi connectivity index (χ0) is 12.4. The molecule has 2 rings (SSSR count). The van der Waals surface area contributed by atoms with Crippen LogP contribution in [0.25, 0.3) is 5.69 Å². The summed E-state index contributed by atoms with van der Waals surface area (Å²) < 4.78 is 1.86. The minimum atomic E-state index is 0.505. The third kappa shape index (κ3) is 2.21. The molecule has 0 saturated carbocycles. The van der Waals surface area contributed by atoms with Gasteiger partial charge in [-0.05, 0) is 32.2 Å². The number of rotatable bonds is 3. The Labute approximate surface area is 105 Å². The molecule has 2 aromatic rings. The van der Waals surface area contributed by atoms with E-state index in [0.717, 1.165) is 22.9 Å². The highest BCUT2D eigenvalue weighted by atomic mass is 32.2. The Balaban J connectivity index is 2.62. The van der Waals surface area contributed by atoms with Gasteiger partial charge in [0.15, 0.2) is 0 Å². The van der Waals surface area contributed by atoms with Crippen molar-refractivity contribution < 1.29 is 0 Å². The van der Waals surface area contributed by atoms with Gasteiger partial charge < -0.3 is 5.73 Å². The lowest BCUT2D eigenvalue weighted by atomic mass is 10.2. The molecule has 0 aliphatic carbocycles. The molecule has 0 aliphatic rings. The maximum Gasteiger partial charge on any atom is 0.148 e. The molecule has 2 N–H and O–H groups in total. The fourth-order valence-corrected chi connectivity index (χ4v) is 2.55.